The zero-order valence-electron chi connectivity index (χ0n) is 53.8. The van der Waals surface area contributed by atoms with Gasteiger partial charge in [-0.2, -0.15) is 0 Å². The lowest BCUT2D eigenvalue weighted by Crippen LogP contribution is -2.49. The molecule has 8 aromatic rings. The highest BCUT2D eigenvalue weighted by Gasteiger charge is 2.47. The van der Waals surface area contributed by atoms with Crippen LogP contribution in [0.5, 0.6) is 0 Å². The second kappa shape index (κ2) is 34.5. The van der Waals surface area contributed by atoms with Gasteiger partial charge in [0.15, 0.2) is 9.84 Å². The molecule has 12 rings (SSSR count). The summed E-state index contributed by atoms with van der Waals surface area (Å²) in [5, 5.41) is 22.0. The average Bonchev–Trinajstić information content (AvgIpc) is 1.67. The molecule has 20 nitrogen and oxygen atoms in total. The molecule has 0 bridgehead atoms. The smallest absolute Gasteiger partial charge is 0.322 e. The lowest BCUT2D eigenvalue weighted by Gasteiger charge is -2.21. The van der Waals surface area contributed by atoms with Gasteiger partial charge in [-0.15, -0.1) is 11.8 Å². The van der Waals surface area contributed by atoms with Crippen LogP contribution in [0.2, 0.25) is 0 Å². The van der Waals surface area contributed by atoms with E-state index in [2.05, 4.69) is 95.2 Å². The highest BCUT2D eigenvalue weighted by atomic mass is 32.2. The van der Waals surface area contributed by atoms with Crippen LogP contribution in [-0.2, 0) is 39.8 Å². The number of sulfone groups is 1. The van der Waals surface area contributed by atoms with E-state index in [9.17, 15) is 51.0 Å². The van der Waals surface area contributed by atoms with Crippen molar-refractivity contribution < 1.29 is 51.0 Å². The van der Waals surface area contributed by atoms with Crippen LogP contribution < -0.4 is 47.9 Å². The van der Waals surface area contributed by atoms with Gasteiger partial charge in [0.1, 0.15) is 22.2 Å². The first-order chi connectivity index (χ1) is 47.3. The van der Waals surface area contributed by atoms with Crippen LogP contribution in [0.4, 0.5) is 24.9 Å². The van der Waals surface area contributed by atoms with Crippen LogP contribution in [0, 0.1) is 47.4 Å². The number of benzene rings is 8. The number of imide groups is 4. The maximum atomic E-state index is 12.6. The highest BCUT2D eigenvalue weighted by Crippen LogP contribution is 2.26. The third kappa shape index (κ3) is 21.8. The fourth-order valence-electron chi connectivity index (χ4n) is 9.47. The number of urea groups is 4. The van der Waals surface area contributed by atoms with Crippen molar-refractivity contribution in [1.82, 2.24) is 42.5 Å². The second-order valence-corrected chi connectivity index (χ2v) is 28.0. The van der Waals surface area contributed by atoms with E-state index in [-0.39, 0.29) is 37.3 Å². The fourth-order valence-corrected chi connectivity index (χ4v) is 13.5. The zero-order chi connectivity index (χ0) is 70.6. The number of amides is 12. The van der Waals surface area contributed by atoms with Gasteiger partial charge in [-0.1, -0.05) is 135 Å². The van der Waals surface area contributed by atoms with Crippen molar-refractivity contribution in [3.05, 3.63) is 263 Å². The molecule has 4 saturated heterocycles. The molecule has 5 atom stereocenters. The van der Waals surface area contributed by atoms with Crippen LogP contribution in [0.1, 0.15) is 87.1 Å². The number of nitrogens with one attached hydrogen (secondary N) is 9. The summed E-state index contributed by atoms with van der Waals surface area (Å²) < 4.78 is 37.6. The molecule has 8 aromatic carbocycles. The molecule has 9 N–H and O–H groups in total. The topological polar surface area (TPSA) is 296 Å². The molecular weight excluding hydrogens is 1340 g/mol. The molecule has 12 amide bonds. The van der Waals surface area contributed by atoms with E-state index in [0.717, 1.165) is 49.5 Å². The minimum atomic E-state index is -3.77. The molecule has 23 heteroatoms. The Hall–Kier alpha value is -12.0. The van der Waals surface area contributed by atoms with Gasteiger partial charge in [0, 0.05) is 72.3 Å². The van der Waals surface area contributed by atoms with Gasteiger partial charge in [-0.05, 0) is 173 Å². The van der Waals surface area contributed by atoms with E-state index in [1.165, 1.54) is 30.8 Å². The van der Waals surface area contributed by atoms with E-state index in [0.29, 0.717) is 22.8 Å². The number of rotatable bonds is 12. The minimum absolute atomic E-state index is 0. The third-order valence-corrected chi connectivity index (χ3v) is 20.0. The summed E-state index contributed by atoms with van der Waals surface area (Å²) in [4.78, 5) is 93.8. The third-order valence-electron chi connectivity index (χ3n) is 15.1. The van der Waals surface area contributed by atoms with Crippen molar-refractivity contribution in [3.63, 3.8) is 0 Å². The number of anilines is 1. The molecule has 4 fully saturated rings. The van der Waals surface area contributed by atoms with Crippen molar-refractivity contribution in [2.75, 3.05) is 29.1 Å². The summed E-state index contributed by atoms with van der Waals surface area (Å²) in [7, 11) is -5.19. The predicted octanol–water partition coefficient (Wildman–Crippen LogP) is 9.40. The SMILES string of the molecule is C.C.CC1(CNc2ccc(C#Cc3ccccc3)cc2)NC(=O)NC1=O.CC1(CS(=O)(=O)c2ccc(C#Cc3ccccc3)cc2)NC(=O)NC1=O.CC1(CS(=O)c2ccc(C#Cc3ccccc3)cc2)NC(=O)NC1=O.CC1(CSc2ccc(C#Cc3ccccc3)cc2)NC(=O)NC1=O. The molecule has 514 valence electrons. The van der Waals surface area contributed by atoms with E-state index in [1.54, 1.807) is 57.2 Å². The average molecular weight is 1410 g/mol. The molecule has 4 aliphatic heterocycles. The Bertz CT molecular complexity index is 4640. The fraction of sp³-hybridized carbons (Fsp3) is 0.179. The Morgan fingerprint density at radius 3 is 1.02 bits per heavy atom. The highest BCUT2D eigenvalue weighted by molar-refractivity contribution is 7.99. The molecule has 0 saturated carbocycles. The van der Waals surface area contributed by atoms with Crippen LogP contribution in [0.15, 0.2) is 233 Å². The summed E-state index contributed by atoms with van der Waals surface area (Å²) in [5.41, 5.74) is 3.45. The molecule has 0 aliphatic carbocycles. The van der Waals surface area contributed by atoms with Gasteiger partial charge in [-0.25, -0.2) is 27.6 Å². The van der Waals surface area contributed by atoms with E-state index < -0.39 is 84.5 Å². The Morgan fingerprint density at radius 2 is 0.673 bits per heavy atom. The minimum Gasteiger partial charge on any atom is -0.382 e. The van der Waals surface area contributed by atoms with Crippen molar-refractivity contribution in [2.45, 2.75) is 79.4 Å². The van der Waals surface area contributed by atoms with Crippen LogP contribution in [-0.4, -0.2) is 106 Å². The first-order valence-corrected chi connectivity index (χ1v) is 34.5. The van der Waals surface area contributed by atoms with E-state index in [4.69, 9.17) is 0 Å². The molecule has 4 aliphatic rings. The van der Waals surface area contributed by atoms with Crippen molar-refractivity contribution in [3.8, 4) is 47.4 Å². The van der Waals surface area contributed by atoms with Gasteiger partial charge < -0.3 is 26.6 Å². The van der Waals surface area contributed by atoms with E-state index in [1.807, 2.05) is 170 Å². The summed E-state index contributed by atoms with van der Waals surface area (Å²) in [6.07, 6.45) is 0. The molecular formula is C78H73N9O11S3. The quantitative estimate of drug-likeness (QED) is 0.0313. The molecule has 0 aromatic heterocycles. The first-order valence-electron chi connectivity index (χ1n) is 30.6. The number of carbonyl (C=O) groups excluding carboxylic acids is 8. The standard InChI is InChI=1S/C19H17N3O2.C19H16N2O4S.C19H16N2O3S.C19H16N2O2S.2CH4/c1-19(17(23)21-18(24)22-19)13-20-16-11-9-15(10-12-16)8-7-14-5-3-2-4-6-14;1-19(17(22)20-18(23)21-19)13-26(24,25)16-11-9-15(10-12-16)8-7-14-5-3-2-4-6-14;1-19(17(22)20-18(23)21-19)13-25(24)16-11-9-15(10-12-16)8-7-14-5-3-2-4-6-14;1-19(17(22)20-18(23)21-19)13-24-16-11-9-15(10-12-16)8-7-14-5-3-2-4-6-14;;/h2-6,9-12,20H,13H2,1H3,(H2,21,22,23,24);2-6,9-12H,13H2,1H3,(H2,20,21,22,23);2-6,9-12H,13H2,1H3,(H2,20,21,22,23);2-6,9-12H,13H2,1H3,(H2,20,21,22,23);2*1H4. The Kier molecular flexibility index (Phi) is 26.1. The molecule has 4 heterocycles. The summed E-state index contributed by atoms with van der Waals surface area (Å²) >= 11 is 1.52. The van der Waals surface area contributed by atoms with Gasteiger partial charge in [0.2, 0.25) is 0 Å². The number of hydrogen-bond acceptors (Lipinski definition) is 13. The van der Waals surface area contributed by atoms with Gasteiger partial charge >= 0.3 is 24.1 Å². The number of thioether (sulfide) groups is 1. The first kappa shape index (κ1) is 76.4. The van der Waals surface area contributed by atoms with E-state index >= 15 is 0 Å². The zero-order valence-corrected chi connectivity index (χ0v) is 56.3. The van der Waals surface area contributed by atoms with Gasteiger partial charge in [0.25, 0.3) is 23.6 Å². The maximum absolute atomic E-state index is 12.6. The molecule has 0 spiro atoms. The largest absolute Gasteiger partial charge is 0.382 e. The predicted molar refractivity (Wildman–Crippen MR) is 392 cm³/mol. The molecule has 101 heavy (non-hydrogen) atoms. The van der Waals surface area contributed by atoms with Gasteiger partial charge in [0.05, 0.1) is 27.2 Å². The number of carbonyl (C=O) groups is 8. The van der Waals surface area contributed by atoms with Crippen LogP contribution >= 0.6 is 11.8 Å². The lowest BCUT2D eigenvalue weighted by atomic mass is 10.0. The lowest BCUT2D eigenvalue weighted by molar-refractivity contribution is -0.123. The summed E-state index contributed by atoms with van der Waals surface area (Å²) in [5.74, 6) is 22.8. The Labute approximate surface area is 594 Å². The van der Waals surface area contributed by atoms with Gasteiger partial charge in [-0.3, -0.25) is 44.7 Å². The normalized spacial score (nSPS) is 19.0. The van der Waals surface area contributed by atoms with Crippen molar-refractivity contribution in [1.29, 1.82) is 0 Å². The molecule has 5 unspecified atom stereocenters. The van der Waals surface area contributed by atoms with Crippen molar-refractivity contribution >= 4 is 85.8 Å². The Balaban J connectivity index is 0.000000188. The Morgan fingerprint density at radius 1 is 0.376 bits per heavy atom. The second-order valence-electron chi connectivity index (χ2n) is 23.5. The summed E-state index contributed by atoms with van der Waals surface area (Å²) in [6, 6.07) is 65.1. The molecule has 0 radical (unpaired) electrons. The van der Waals surface area contributed by atoms with Crippen LogP contribution in [0.25, 0.3) is 0 Å². The maximum Gasteiger partial charge on any atom is 0.322 e. The monoisotopic (exact) mass is 1410 g/mol. The summed E-state index contributed by atoms with van der Waals surface area (Å²) in [6.45, 7) is 6.65. The number of hydrogen-bond donors (Lipinski definition) is 9. The van der Waals surface area contributed by atoms with Crippen LogP contribution in [0.3, 0.4) is 0 Å². The van der Waals surface area contributed by atoms with Crippen molar-refractivity contribution in [2.24, 2.45) is 0 Å².